The van der Waals surface area contributed by atoms with Gasteiger partial charge in [-0.3, -0.25) is 10.1 Å². The molecule has 0 radical (unpaired) electrons. The smallest absolute Gasteiger partial charge is 0.241 e. The monoisotopic (exact) mass is 300 g/mol. The number of nitrogens with zero attached hydrogens (tertiary/aromatic N) is 1. The second-order valence-electron chi connectivity index (χ2n) is 5.85. The molecule has 0 spiro atoms. The molecule has 20 heavy (non-hydrogen) atoms. The molecule has 0 aliphatic carbocycles. The van der Waals surface area contributed by atoms with Gasteiger partial charge in [0.2, 0.25) is 5.91 Å². The van der Waals surface area contributed by atoms with Crippen LogP contribution >= 0.6 is 11.8 Å². The van der Waals surface area contributed by atoms with Crippen molar-refractivity contribution in [2.45, 2.75) is 83.2 Å². The number of carbonyl (C=O) groups excluding carboxylic acids is 1. The molecule has 1 N–H and O–H groups in total. The zero-order valence-corrected chi connectivity index (χ0v) is 14.7. The Hall–Kier alpha value is -0.220. The fourth-order valence-corrected chi connectivity index (χ4v) is 3.87. The summed E-state index contributed by atoms with van der Waals surface area (Å²) in [5, 5.41) is 3.54. The molecule has 0 aromatic carbocycles. The first-order valence-corrected chi connectivity index (χ1v) is 9.41. The molecular weight excluding hydrogens is 268 g/mol. The number of unbranched alkanes of at least 4 members (excludes halogenated alkanes) is 1. The van der Waals surface area contributed by atoms with E-state index < -0.39 is 0 Å². The van der Waals surface area contributed by atoms with E-state index in [1.165, 1.54) is 0 Å². The summed E-state index contributed by atoms with van der Waals surface area (Å²) < 4.78 is 0.213. The van der Waals surface area contributed by atoms with Crippen molar-refractivity contribution in [3.8, 4) is 0 Å². The highest BCUT2D eigenvalue weighted by molar-refractivity contribution is 8.00. The highest BCUT2D eigenvalue weighted by Gasteiger charge is 2.41. The molecule has 2 atom stereocenters. The Kier molecular flexibility index (Phi) is 7.38. The molecular formula is C16H32N2OS. The van der Waals surface area contributed by atoms with Gasteiger partial charge in [0.25, 0.3) is 0 Å². The van der Waals surface area contributed by atoms with Crippen LogP contribution in [0.25, 0.3) is 0 Å². The van der Waals surface area contributed by atoms with Gasteiger partial charge in [0.15, 0.2) is 0 Å². The zero-order valence-electron chi connectivity index (χ0n) is 13.9. The molecule has 3 nitrogen and oxygen atoms in total. The van der Waals surface area contributed by atoms with Gasteiger partial charge in [-0.05, 0) is 31.9 Å². The second kappa shape index (κ2) is 8.28. The first kappa shape index (κ1) is 17.8. The number of thioether (sulfide) groups is 1. The van der Waals surface area contributed by atoms with Crippen LogP contribution in [0, 0.1) is 0 Å². The zero-order chi connectivity index (χ0) is 15.2. The Balaban J connectivity index is 2.78. The van der Waals surface area contributed by atoms with Crippen LogP contribution in [0.2, 0.25) is 0 Å². The average Bonchev–Trinajstić information content (AvgIpc) is 2.78. The van der Waals surface area contributed by atoms with Gasteiger partial charge in [-0.15, -0.1) is 0 Å². The van der Waals surface area contributed by atoms with Crippen molar-refractivity contribution in [2.24, 2.45) is 0 Å². The fourth-order valence-electron chi connectivity index (χ4n) is 3.03. The number of hydrogen-bond donors (Lipinski definition) is 1. The van der Waals surface area contributed by atoms with Crippen molar-refractivity contribution >= 4 is 17.7 Å². The van der Waals surface area contributed by atoms with E-state index in [9.17, 15) is 4.79 Å². The van der Waals surface area contributed by atoms with Gasteiger partial charge in [0.1, 0.15) is 0 Å². The van der Waals surface area contributed by atoms with E-state index in [4.69, 9.17) is 0 Å². The van der Waals surface area contributed by atoms with Gasteiger partial charge < -0.3 is 4.90 Å². The Morgan fingerprint density at radius 3 is 2.35 bits per heavy atom. The highest BCUT2D eigenvalue weighted by atomic mass is 32.2. The van der Waals surface area contributed by atoms with Crippen molar-refractivity contribution in [2.75, 3.05) is 12.8 Å². The molecule has 1 fully saturated rings. The number of nitrogens with one attached hydrogen (secondary N) is 1. The number of rotatable bonds is 9. The third-order valence-corrected chi connectivity index (χ3v) is 6.34. The Morgan fingerprint density at radius 2 is 1.90 bits per heavy atom. The first-order valence-electron chi connectivity index (χ1n) is 8.19. The van der Waals surface area contributed by atoms with Gasteiger partial charge in [-0.2, -0.15) is 11.8 Å². The van der Waals surface area contributed by atoms with Crippen LogP contribution in [-0.4, -0.2) is 40.6 Å². The molecule has 0 bridgehead atoms. The molecule has 0 saturated carbocycles. The molecule has 1 rings (SSSR count). The van der Waals surface area contributed by atoms with Crippen LogP contribution in [0.4, 0.5) is 0 Å². The summed E-state index contributed by atoms with van der Waals surface area (Å²) in [6.07, 6.45) is 8.89. The predicted octanol–water partition coefficient (Wildman–Crippen LogP) is 3.63. The van der Waals surface area contributed by atoms with E-state index in [0.29, 0.717) is 5.91 Å². The van der Waals surface area contributed by atoms with Gasteiger partial charge in [-0.1, -0.05) is 40.5 Å². The van der Waals surface area contributed by atoms with Crippen LogP contribution < -0.4 is 5.32 Å². The maximum atomic E-state index is 12.7. The fraction of sp³-hybridized carbons (Fsp3) is 0.938. The Bertz CT molecular complexity index is 297. The molecule has 1 aliphatic rings. The van der Waals surface area contributed by atoms with Crippen molar-refractivity contribution in [3.05, 3.63) is 0 Å². The average molecular weight is 301 g/mol. The predicted molar refractivity (Wildman–Crippen MR) is 89.1 cm³/mol. The van der Waals surface area contributed by atoms with Crippen LogP contribution in [0.1, 0.15) is 66.2 Å². The van der Waals surface area contributed by atoms with Gasteiger partial charge in [0.05, 0.1) is 12.2 Å². The molecule has 1 saturated heterocycles. The van der Waals surface area contributed by atoms with Gasteiger partial charge in [0, 0.05) is 11.3 Å². The first-order chi connectivity index (χ1) is 9.57. The largest absolute Gasteiger partial charge is 0.324 e. The van der Waals surface area contributed by atoms with Crippen molar-refractivity contribution in [1.82, 2.24) is 10.2 Å². The normalized spacial score (nSPS) is 23.6. The Labute approximate surface area is 129 Å². The minimum Gasteiger partial charge on any atom is -0.324 e. The minimum absolute atomic E-state index is 0.0492. The quantitative estimate of drug-likeness (QED) is 0.705. The summed E-state index contributed by atoms with van der Waals surface area (Å²) in [5.41, 5.74) is 0. The Morgan fingerprint density at radius 1 is 1.25 bits per heavy atom. The van der Waals surface area contributed by atoms with Gasteiger partial charge in [-0.25, -0.2) is 0 Å². The highest BCUT2D eigenvalue weighted by Crippen LogP contribution is 2.33. The standard InChI is InChI=1S/C16H32N2OS/c1-6-10-11-13-15(19)18(14(7-2)17-13)12-16(8-3,9-4)20-5/h13-14,17H,6-12H2,1-5H3. The van der Waals surface area contributed by atoms with Crippen LogP contribution in [0.5, 0.6) is 0 Å². The summed E-state index contributed by atoms with van der Waals surface area (Å²) in [6, 6.07) is 0.0492. The maximum absolute atomic E-state index is 12.7. The van der Waals surface area contributed by atoms with Crippen molar-refractivity contribution in [1.29, 1.82) is 0 Å². The lowest BCUT2D eigenvalue weighted by Crippen LogP contribution is -2.46. The van der Waals surface area contributed by atoms with E-state index in [-0.39, 0.29) is 17.0 Å². The van der Waals surface area contributed by atoms with Gasteiger partial charge >= 0.3 is 0 Å². The number of amides is 1. The third kappa shape index (κ3) is 3.91. The molecule has 0 aromatic rings. The molecule has 0 aromatic heterocycles. The third-order valence-electron chi connectivity index (χ3n) is 4.76. The minimum atomic E-state index is 0.0492. The molecule has 1 aliphatic heterocycles. The number of hydrogen-bond acceptors (Lipinski definition) is 3. The van der Waals surface area contributed by atoms with Crippen LogP contribution in [-0.2, 0) is 4.79 Å². The molecule has 1 amide bonds. The summed E-state index contributed by atoms with van der Waals surface area (Å²) in [6.45, 7) is 9.71. The molecule has 4 heteroatoms. The SMILES string of the molecule is CCCCC1NC(CC)N(CC(CC)(CC)SC)C1=O. The topological polar surface area (TPSA) is 32.3 Å². The summed E-state index contributed by atoms with van der Waals surface area (Å²) >= 11 is 1.92. The summed E-state index contributed by atoms with van der Waals surface area (Å²) in [4.78, 5) is 14.8. The summed E-state index contributed by atoms with van der Waals surface area (Å²) in [5.74, 6) is 0.325. The lowest BCUT2D eigenvalue weighted by atomic mass is 10.0. The summed E-state index contributed by atoms with van der Waals surface area (Å²) in [7, 11) is 0. The van der Waals surface area contributed by atoms with E-state index in [0.717, 1.165) is 45.1 Å². The van der Waals surface area contributed by atoms with E-state index in [2.05, 4.69) is 44.2 Å². The van der Waals surface area contributed by atoms with E-state index >= 15 is 0 Å². The van der Waals surface area contributed by atoms with Crippen LogP contribution in [0.15, 0.2) is 0 Å². The lowest BCUT2D eigenvalue weighted by molar-refractivity contribution is -0.130. The number of carbonyl (C=O) groups is 1. The molecule has 1 heterocycles. The van der Waals surface area contributed by atoms with E-state index in [1.807, 2.05) is 11.8 Å². The van der Waals surface area contributed by atoms with E-state index in [1.54, 1.807) is 0 Å². The van der Waals surface area contributed by atoms with Crippen molar-refractivity contribution < 1.29 is 4.79 Å². The second-order valence-corrected chi connectivity index (χ2v) is 7.12. The maximum Gasteiger partial charge on any atom is 0.241 e. The van der Waals surface area contributed by atoms with Crippen molar-refractivity contribution in [3.63, 3.8) is 0 Å². The molecule has 2 unspecified atom stereocenters. The van der Waals surface area contributed by atoms with Crippen LogP contribution in [0.3, 0.4) is 0 Å². The molecule has 118 valence electrons. The lowest BCUT2D eigenvalue weighted by Gasteiger charge is -2.36.